The lowest BCUT2D eigenvalue weighted by molar-refractivity contribution is -0.532. The smallest absolute Gasteiger partial charge is 0.292 e. The van der Waals surface area contributed by atoms with Crippen LogP contribution in [0.4, 0.5) is 4.79 Å². The number of urea groups is 1. The average molecular weight is 334 g/mol. The van der Waals surface area contributed by atoms with E-state index in [0.717, 1.165) is 25.5 Å². The highest BCUT2D eigenvalue weighted by Gasteiger charge is 2.52. The number of hydrogen-bond donors (Lipinski definition) is 0. The molecule has 0 bridgehead atoms. The summed E-state index contributed by atoms with van der Waals surface area (Å²) in [7, 11) is 3.23. The Morgan fingerprint density at radius 1 is 1.12 bits per heavy atom. The van der Waals surface area contributed by atoms with Crippen molar-refractivity contribution in [3.8, 4) is 0 Å². The molecule has 132 valence electrons. The molecule has 0 aromatic carbocycles. The second-order valence-corrected chi connectivity index (χ2v) is 7.45. The minimum atomic E-state index is -0.461. The summed E-state index contributed by atoms with van der Waals surface area (Å²) in [5.41, 5.74) is 0. The summed E-state index contributed by atoms with van der Waals surface area (Å²) >= 11 is 0. The van der Waals surface area contributed by atoms with Gasteiger partial charge in [0.2, 0.25) is 0 Å². The third kappa shape index (κ3) is 2.75. The lowest BCUT2D eigenvalue weighted by atomic mass is 9.92. The molecular formula is C17H28N5O2+. The fourth-order valence-electron chi connectivity index (χ4n) is 4.26. The molecule has 3 atom stereocenters. The molecule has 3 aliphatic rings. The van der Waals surface area contributed by atoms with Gasteiger partial charge in [0, 0.05) is 27.2 Å². The fourth-order valence-corrected chi connectivity index (χ4v) is 4.26. The third-order valence-electron chi connectivity index (χ3n) is 5.26. The van der Waals surface area contributed by atoms with Crippen molar-refractivity contribution in [2.75, 3.05) is 40.3 Å². The highest BCUT2D eigenvalue weighted by Crippen LogP contribution is 2.23. The molecule has 3 aliphatic heterocycles. The molecule has 7 nitrogen and oxygen atoms in total. The van der Waals surface area contributed by atoms with Crippen molar-refractivity contribution in [2.24, 2.45) is 16.8 Å². The summed E-state index contributed by atoms with van der Waals surface area (Å²) in [4.78, 5) is 34.6. The predicted molar refractivity (Wildman–Crippen MR) is 92.3 cm³/mol. The van der Waals surface area contributed by atoms with E-state index in [1.165, 1.54) is 23.3 Å². The number of rotatable bonds is 3. The maximum absolute atomic E-state index is 12.6. The summed E-state index contributed by atoms with van der Waals surface area (Å²) in [5.74, 6) is 2.64. The van der Waals surface area contributed by atoms with Crippen LogP contribution in [0.1, 0.15) is 27.2 Å². The zero-order valence-electron chi connectivity index (χ0n) is 15.3. The summed E-state index contributed by atoms with van der Waals surface area (Å²) in [5, 5.41) is 0. The first kappa shape index (κ1) is 17.1. The summed E-state index contributed by atoms with van der Waals surface area (Å²) in [6.45, 7) is 10.2. The van der Waals surface area contributed by atoms with Crippen LogP contribution in [0.15, 0.2) is 4.99 Å². The van der Waals surface area contributed by atoms with Crippen LogP contribution in [0, 0.1) is 11.8 Å². The molecule has 0 N–H and O–H groups in total. The van der Waals surface area contributed by atoms with Gasteiger partial charge in [-0.1, -0.05) is 13.8 Å². The Kier molecular flexibility index (Phi) is 4.46. The molecule has 0 saturated carbocycles. The van der Waals surface area contributed by atoms with Crippen molar-refractivity contribution < 1.29 is 14.2 Å². The fraction of sp³-hybridized carbons (Fsp3) is 0.765. The molecular weight excluding hydrogens is 306 g/mol. The molecule has 3 rings (SSSR count). The number of carbonyl (C=O) groups is 2. The zero-order valence-corrected chi connectivity index (χ0v) is 15.3. The first-order valence-corrected chi connectivity index (χ1v) is 8.82. The van der Waals surface area contributed by atoms with Crippen molar-refractivity contribution >= 4 is 23.6 Å². The van der Waals surface area contributed by atoms with Crippen molar-refractivity contribution in [1.29, 1.82) is 0 Å². The summed E-state index contributed by atoms with van der Waals surface area (Å²) in [6, 6.07) is -0.773. The first-order chi connectivity index (χ1) is 11.3. The number of likely N-dealkylation sites (N-methyl/N-ethyl adjacent to an activating group) is 3. The molecule has 24 heavy (non-hydrogen) atoms. The number of piperidine rings is 1. The largest absolute Gasteiger partial charge is 0.333 e. The number of amides is 3. The van der Waals surface area contributed by atoms with Crippen molar-refractivity contribution in [1.82, 2.24) is 14.7 Å². The lowest BCUT2D eigenvalue weighted by Crippen LogP contribution is -2.61. The molecule has 3 unspecified atom stereocenters. The van der Waals surface area contributed by atoms with E-state index in [-0.39, 0.29) is 11.9 Å². The summed E-state index contributed by atoms with van der Waals surface area (Å²) in [6.07, 6.45) is 1.26. The molecule has 7 heteroatoms. The Bertz CT molecular complexity index is 616. The third-order valence-corrected chi connectivity index (χ3v) is 5.26. The van der Waals surface area contributed by atoms with Gasteiger partial charge in [-0.15, -0.1) is 0 Å². The van der Waals surface area contributed by atoms with Crippen LogP contribution in [0.25, 0.3) is 0 Å². The number of carbonyl (C=O) groups excluding carboxylic acids is 2. The molecule has 3 heterocycles. The van der Waals surface area contributed by atoms with Gasteiger partial charge in [-0.3, -0.25) is 19.5 Å². The first-order valence-electron chi connectivity index (χ1n) is 8.82. The molecule has 0 aromatic heterocycles. The minimum Gasteiger partial charge on any atom is -0.292 e. The van der Waals surface area contributed by atoms with Crippen molar-refractivity contribution in [3.63, 3.8) is 0 Å². The zero-order chi connectivity index (χ0) is 17.6. The van der Waals surface area contributed by atoms with Gasteiger partial charge in [-0.2, -0.15) is 0 Å². The number of imide groups is 1. The monoisotopic (exact) mass is 334 g/mol. The molecule has 0 radical (unpaired) electrons. The van der Waals surface area contributed by atoms with Gasteiger partial charge in [0.05, 0.1) is 6.54 Å². The van der Waals surface area contributed by atoms with E-state index in [1.54, 1.807) is 7.05 Å². The summed E-state index contributed by atoms with van der Waals surface area (Å²) < 4.78 is 2.04. The molecule has 0 aliphatic carbocycles. The Morgan fingerprint density at radius 2 is 1.75 bits per heavy atom. The van der Waals surface area contributed by atoms with Gasteiger partial charge in [0.1, 0.15) is 6.54 Å². The number of amidine groups is 2. The van der Waals surface area contributed by atoms with Gasteiger partial charge in [0.15, 0.2) is 0 Å². The van der Waals surface area contributed by atoms with Gasteiger partial charge in [-0.25, -0.2) is 9.37 Å². The highest BCUT2D eigenvalue weighted by molar-refractivity contribution is 6.23. The molecule has 0 aromatic rings. The van der Waals surface area contributed by atoms with Crippen LogP contribution in [0.3, 0.4) is 0 Å². The minimum absolute atomic E-state index is 0.186. The van der Waals surface area contributed by atoms with E-state index < -0.39 is 6.04 Å². The van der Waals surface area contributed by atoms with Crippen molar-refractivity contribution in [2.45, 2.75) is 33.2 Å². The molecule has 0 spiro atoms. The van der Waals surface area contributed by atoms with E-state index in [2.05, 4.69) is 18.7 Å². The standard InChI is InChI=1S/C17H28N5O2/c1-6-22-13(10-21-8-11(2)7-12(3)9-21)18-15-14(22)16(23)20(5)17(24)19(15)4/h11-12,14H,6-10H2,1-5H3/q+1. The van der Waals surface area contributed by atoms with Crippen LogP contribution < -0.4 is 0 Å². The van der Waals surface area contributed by atoms with Crippen LogP contribution in [-0.2, 0) is 4.79 Å². The van der Waals surface area contributed by atoms with E-state index in [0.29, 0.717) is 24.2 Å². The van der Waals surface area contributed by atoms with Gasteiger partial charge in [0.25, 0.3) is 17.8 Å². The SMILES string of the molecule is CC[N+]1=C(CN2CC(C)CC(C)C2)N=C2C1C(=O)N(C)C(=O)N2C. The topological polar surface area (TPSA) is 59.2 Å². The molecule has 2 saturated heterocycles. The van der Waals surface area contributed by atoms with Crippen molar-refractivity contribution in [3.05, 3.63) is 0 Å². The number of likely N-dealkylation sites (tertiary alicyclic amines) is 1. The molecule has 2 fully saturated rings. The van der Waals surface area contributed by atoms with Crippen LogP contribution in [-0.4, -0.2) is 89.2 Å². The average Bonchev–Trinajstić information content (AvgIpc) is 2.88. The quantitative estimate of drug-likeness (QED) is 0.714. The number of aliphatic imine (C=N–C) groups is 1. The van der Waals surface area contributed by atoms with Crippen LogP contribution in [0.2, 0.25) is 0 Å². The number of hydrogen-bond acceptors (Lipinski definition) is 4. The Labute approximate surface area is 143 Å². The van der Waals surface area contributed by atoms with Gasteiger partial charge >= 0.3 is 11.9 Å². The van der Waals surface area contributed by atoms with E-state index in [9.17, 15) is 9.59 Å². The highest BCUT2D eigenvalue weighted by atomic mass is 16.2. The lowest BCUT2D eigenvalue weighted by Gasteiger charge is -2.33. The molecule has 3 amide bonds. The Balaban J connectivity index is 1.88. The van der Waals surface area contributed by atoms with Crippen LogP contribution >= 0.6 is 0 Å². The van der Waals surface area contributed by atoms with Gasteiger partial charge in [-0.05, 0) is 30.2 Å². The van der Waals surface area contributed by atoms with Gasteiger partial charge < -0.3 is 0 Å². The second kappa shape index (κ2) is 6.27. The second-order valence-electron chi connectivity index (χ2n) is 7.45. The predicted octanol–water partition coefficient (Wildman–Crippen LogP) is 0.700. The van der Waals surface area contributed by atoms with E-state index in [4.69, 9.17) is 4.99 Å². The number of fused-ring (bicyclic) bond motifs is 1. The Morgan fingerprint density at radius 3 is 2.33 bits per heavy atom. The Hall–Kier alpha value is -1.76. The van der Waals surface area contributed by atoms with E-state index in [1.807, 2.05) is 11.5 Å². The number of nitrogens with zero attached hydrogens (tertiary/aromatic N) is 5. The maximum atomic E-state index is 12.6. The van der Waals surface area contributed by atoms with Crippen LogP contribution in [0.5, 0.6) is 0 Å². The maximum Gasteiger partial charge on any atom is 0.333 e. The van der Waals surface area contributed by atoms with E-state index >= 15 is 0 Å². The normalized spacial score (nSPS) is 31.7.